The van der Waals surface area contributed by atoms with E-state index in [2.05, 4.69) is 32.1 Å². The zero-order valence-electron chi connectivity index (χ0n) is 21.4. The van der Waals surface area contributed by atoms with Crippen LogP contribution in [0.5, 0.6) is 5.75 Å². The van der Waals surface area contributed by atoms with E-state index in [1.54, 1.807) is 12.1 Å². The number of hydrogen-bond acceptors (Lipinski definition) is 7. The minimum Gasteiger partial charge on any atom is -0.494 e. The van der Waals surface area contributed by atoms with Gasteiger partial charge in [0.2, 0.25) is 17.1 Å². The Balaban J connectivity index is 1.63. The van der Waals surface area contributed by atoms with Crippen LogP contribution in [0.1, 0.15) is 89.7 Å². The molecule has 4 rings (SSSR count). The van der Waals surface area contributed by atoms with Crippen LogP contribution in [0.2, 0.25) is 0 Å². The van der Waals surface area contributed by atoms with Crippen molar-refractivity contribution in [2.75, 3.05) is 6.61 Å². The summed E-state index contributed by atoms with van der Waals surface area (Å²) in [5.41, 5.74) is -2.97. The standard InChI is InChI=1S/C29H36N4O3/c1-3-5-6-7-8-16-34-23-12-10-22(11-13-23)25-27(18-30,19-31)28(20-32)24-17-21(9-4-2)14-15-29(24,35-25)36-26(28)33/h10-13,21,24-25,33H,3-9,14-17H2,1-2H3. The highest BCUT2D eigenvalue weighted by molar-refractivity contribution is 5.89. The normalized spacial score (nSPS) is 31.9. The lowest BCUT2D eigenvalue weighted by Gasteiger charge is -2.52. The van der Waals surface area contributed by atoms with Gasteiger partial charge in [-0.3, -0.25) is 5.41 Å². The van der Waals surface area contributed by atoms with Gasteiger partial charge in [-0.1, -0.05) is 64.5 Å². The van der Waals surface area contributed by atoms with Gasteiger partial charge in [-0.15, -0.1) is 0 Å². The molecule has 0 spiro atoms. The van der Waals surface area contributed by atoms with Crippen molar-refractivity contribution >= 4 is 5.90 Å². The highest BCUT2D eigenvalue weighted by Crippen LogP contribution is 2.70. The molecule has 0 radical (unpaired) electrons. The van der Waals surface area contributed by atoms with Crippen molar-refractivity contribution in [1.82, 2.24) is 0 Å². The molecule has 5 atom stereocenters. The molecule has 0 amide bonds. The van der Waals surface area contributed by atoms with Crippen molar-refractivity contribution in [3.63, 3.8) is 0 Å². The van der Waals surface area contributed by atoms with Gasteiger partial charge in [0.15, 0.2) is 5.41 Å². The fraction of sp³-hybridized carbons (Fsp3) is 0.655. The fourth-order valence-electron chi connectivity index (χ4n) is 6.52. The Morgan fingerprint density at radius 3 is 2.36 bits per heavy atom. The summed E-state index contributed by atoms with van der Waals surface area (Å²) >= 11 is 0. The maximum atomic E-state index is 10.5. The number of nitrogens with one attached hydrogen (secondary N) is 1. The number of unbranched alkanes of at least 4 members (excludes halogenated alkanes) is 4. The minimum atomic E-state index is -1.90. The highest BCUT2D eigenvalue weighted by atomic mass is 16.7. The molecule has 7 nitrogen and oxygen atoms in total. The van der Waals surface area contributed by atoms with Gasteiger partial charge >= 0.3 is 0 Å². The summed E-state index contributed by atoms with van der Waals surface area (Å²) in [5, 5.41) is 40.1. The quantitative estimate of drug-likeness (QED) is 0.371. The third-order valence-corrected chi connectivity index (χ3v) is 8.41. The second-order valence-corrected chi connectivity index (χ2v) is 10.5. The van der Waals surface area contributed by atoms with Crippen LogP contribution in [0.4, 0.5) is 0 Å². The molecule has 3 aliphatic rings. The van der Waals surface area contributed by atoms with Crippen LogP contribution in [0.3, 0.4) is 0 Å². The lowest BCUT2D eigenvalue weighted by atomic mass is 9.50. The van der Waals surface area contributed by atoms with Gasteiger partial charge in [-0.05, 0) is 42.9 Å². The molecule has 5 unspecified atom stereocenters. The molecule has 1 aliphatic carbocycles. The summed E-state index contributed by atoms with van der Waals surface area (Å²) in [6.45, 7) is 4.95. The number of benzene rings is 1. The summed E-state index contributed by atoms with van der Waals surface area (Å²) in [6.07, 6.45) is 8.79. The maximum Gasteiger partial charge on any atom is 0.217 e. The van der Waals surface area contributed by atoms with Crippen molar-refractivity contribution < 1.29 is 14.2 Å². The first-order valence-corrected chi connectivity index (χ1v) is 13.4. The molecule has 1 saturated carbocycles. The lowest BCUT2D eigenvalue weighted by Crippen LogP contribution is -2.61. The Labute approximate surface area is 214 Å². The smallest absolute Gasteiger partial charge is 0.217 e. The molecule has 36 heavy (non-hydrogen) atoms. The van der Waals surface area contributed by atoms with Gasteiger partial charge < -0.3 is 14.2 Å². The maximum absolute atomic E-state index is 10.5. The summed E-state index contributed by atoms with van der Waals surface area (Å²) in [7, 11) is 0. The van der Waals surface area contributed by atoms with Gasteiger partial charge in [-0.25, -0.2) is 0 Å². The van der Waals surface area contributed by atoms with Crippen LogP contribution in [-0.2, 0) is 9.47 Å². The predicted octanol–water partition coefficient (Wildman–Crippen LogP) is 6.57. The molecule has 2 aliphatic heterocycles. The van der Waals surface area contributed by atoms with E-state index in [1.807, 2.05) is 12.1 Å². The molecule has 1 N–H and O–H groups in total. The molecule has 1 aromatic carbocycles. The molecule has 1 aromatic rings. The summed E-state index contributed by atoms with van der Waals surface area (Å²) in [6, 6.07) is 13.8. The van der Waals surface area contributed by atoms with Gasteiger partial charge in [0.1, 0.15) is 11.9 Å². The third-order valence-electron chi connectivity index (χ3n) is 8.41. The second-order valence-electron chi connectivity index (χ2n) is 10.5. The van der Waals surface area contributed by atoms with Crippen LogP contribution < -0.4 is 4.74 Å². The molecular weight excluding hydrogens is 452 g/mol. The average Bonchev–Trinajstić information content (AvgIpc) is 3.10. The van der Waals surface area contributed by atoms with E-state index in [0.29, 0.717) is 36.7 Å². The van der Waals surface area contributed by atoms with E-state index in [-0.39, 0.29) is 5.90 Å². The number of ether oxygens (including phenoxy) is 3. The van der Waals surface area contributed by atoms with Gasteiger partial charge in [0.05, 0.1) is 30.7 Å². The zero-order chi connectivity index (χ0) is 25.8. The highest BCUT2D eigenvalue weighted by Gasteiger charge is 2.80. The SMILES string of the molecule is CCCCCCCOc1ccc(C2OC34CCC(CCC)CC3C(C#N)(C(=N)O4)C2(C#N)C#N)cc1. The van der Waals surface area contributed by atoms with Gasteiger partial charge in [-0.2, -0.15) is 15.8 Å². The summed E-state index contributed by atoms with van der Waals surface area (Å²) < 4.78 is 18.5. The van der Waals surface area contributed by atoms with Crippen LogP contribution in [0.25, 0.3) is 0 Å². The number of rotatable bonds is 10. The Morgan fingerprint density at radius 2 is 1.72 bits per heavy atom. The first-order chi connectivity index (χ1) is 17.5. The molecule has 190 valence electrons. The Hall–Kier alpha value is -3.08. The van der Waals surface area contributed by atoms with E-state index < -0.39 is 28.6 Å². The van der Waals surface area contributed by atoms with Crippen molar-refractivity contribution in [1.29, 1.82) is 21.2 Å². The number of nitrogens with zero attached hydrogens (tertiary/aromatic N) is 3. The zero-order valence-corrected chi connectivity index (χ0v) is 21.4. The molecule has 2 bridgehead atoms. The van der Waals surface area contributed by atoms with Gasteiger partial charge in [0, 0.05) is 6.42 Å². The van der Waals surface area contributed by atoms with Crippen LogP contribution >= 0.6 is 0 Å². The molecule has 0 aromatic heterocycles. The summed E-state index contributed by atoms with van der Waals surface area (Å²) in [4.78, 5) is 0. The monoisotopic (exact) mass is 488 g/mol. The molecule has 2 saturated heterocycles. The molecule has 2 heterocycles. The second kappa shape index (κ2) is 10.5. The van der Waals surface area contributed by atoms with Crippen molar-refractivity contribution in [2.24, 2.45) is 22.7 Å². The van der Waals surface area contributed by atoms with E-state index in [1.165, 1.54) is 19.3 Å². The van der Waals surface area contributed by atoms with Crippen LogP contribution in [0, 0.1) is 62.1 Å². The summed E-state index contributed by atoms with van der Waals surface area (Å²) in [5.74, 6) is -0.932. The van der Waals surface area contributed by atoms with Crippen molar-refractivity contribution in [2.45, 2.75) is 89.9 Å². The van der Waals surface area contributed by atoms with E-state index in [9.17, 15) is 15.8 Å². The average molecular weight is 489 g/mol. The first-order valence-electron chi connectivity index (χ1n) is 13.4. The van der Waals surface area contributed by atoms with Crippen LogP contribution in [-0.4, -0.2) is 18.3 Å². The largest absolute Gasteiger partial charge is 0.494 e. The predicted molar refractivity (Wildman–Crippen MR) is 134 cm³/mol. The number of nitriles is 3. The van der Waals surface area contributed by atoms with E-state index in [0.717, 1.165) is 32.1 Å². The van der Waals surface area contributed by atoms with Gasteiger partial charge in [0.25, 0.3) is 0 Å². The molecule has 3 fully saturated rings. The lowest BCUT2D eigenvalue weighted by molar-refractivity contribution is -0.299. The fourth-order valence-corrected chi connectivity index (χ4v) is 6.52. The Bertz CT molecular complexity index is 1070. The van der Waals surface area contributed by atoms with E-state index >= 15 is 0 Å². The van der Waals surface area contributed by atoms with Crippen molar-refractivity contribution in [3.05, 3.63) is 29.8 Å². The Morgan fingerprint density at radius 1 is 1.00 bits per heavy atom. The first kappa shape index (κ1) is 26.0. The third kappa shape index (κ3) is 3.93. The molecular formula is C29H36N4O3. The molecule has 7 heteroatoms. The number of hydrogen-bond donors (Lipinski definition) is 1. The van der Waals surface area contributed by atoms with Crippen molar-refractivity contribution in [3.8, 4) is 24.0 Å². The minimum absolute atomic E-state index is 0.305. The van der Waals surface area contributed by atoms with E-state index in [4.69, 9.17) is 19.6 Å². The van der Waals surface area contributed by atoms with Crippen LogP contribution in [0.15, 0.2) is 24.3 Å². The topological polar surface area (TPSA) is 123 Å². The Kier molecular flexibility index (Phi) is 7.58.